The van der Waals surface area contributed by atoms with Gasteiger partial charge in [-0.15, -0.1) is 0 Å². The van der Waals surface area contributed by atoms with Gasteiger partial charge in [0.05, 0.1) is 24.3 Å². The molecule has 0 saturated carbocycles. The van der Waals surface area contributed by atoms with Gasteiger partial charge in [-0.2, -0.15) is 5.10 Å². The van der Waals surface area contributed by atoms with Gasteiger partial charge in [-0.05, 0) is 48.2 Å². The number of benzene rings is 2. The van der Waals surface area contributed by atoms with Crippen LogP contribution in [0.3, 0.4) is 0 Å². The van der Waals surface area contributed by atoms with E-state index in [2.05, 4.69) is 10.4 Å². The average molecular weight is 368 g/mol. The van der Waals surface area contributed by atoms with E-state index in [1.807, 2.05) is 36.4 Å². The Bertz CT molecular complexity index is 1040. The number of carbonyl (C=O) groups is 1. The molecule has 1 aromatic heterocycles. The summed E-state index contributed by atoms with van der Waals surface area (Å²) in [4.78, 5) is 24.3. The van der Waals surface area contributed by atoms with E-state index < -0.39 is 0 Å². The molecular weight excluding hydrogens is 350 g/mol. The minimum absolute atomic E-state index is 0.0256. The maximum atomic E-state index is 12.4. The molecule has 1 aliphatic rings. The molecule has 0 aliphatic heterocycles. The predicted octanol–water partition coefficient (Wildman–Crippen LogP) is 3.24. The molecule has 0 saturated heterocycles. The topological polar surface area (TPSA) is 64.0 Å². The molecule has 0 bridgehead atoms. The van der Waals surface area contributed by atoms with Crippen LogP contribution in [0.2, 0.25) is 5.02 Å². The van der Waals surface area contributed by atoms with Gasteiger partial charge in [0.2, 0.25) is 11.3 Å². The predicted molar refractivity (Wildman–Crippen MR) is 101 cm³/mol. The molecule has 1 unspecified atom stereocenters. The number of hydrogen-bond donors (Lipinski definition) is 1. The fraction of sp³-hybridized carbons (Fsp3) is 0.250. The molecule has 2 aromatic carbocycles. The summed E-state index contributed by atoms with van der Waals surface area (Å²) < 4.78 is 1.71. The Morgan fingerprint density at radius 2 is 2.12 bits per heavy atom. The molecule has 1 heterocycles. The van der Waals surface area contributed by atoms with Gasteiger partial charge in [-0.25, -0.2) is 0 Å². The fourth-order valence-electron chi connectivity index (χ4n) is 3.55. The van der Waals surface area contributed by atoms with Crippen LogP contribution in [0.4, 0.5) is 0 Å². The Hall–Kier alpha value is -2.66. The first-order valence-corrected chi connectivity index (χ1v) is 9.02. The number of rotatable bonds is 4. The van der Waals surface area contributed by atoms with Crippen LogP contribution in [-0.4, -0.2) is 15.7 Å². The van der Waals surface area contributed by atoms with Crippen LogP contribution in [0.5, 0.6) is 0 Å². The quantitative estimate of drug-likeness (QED) is 0.769. The Morgan fingerprint density at radius 1 is 1.27 bits per heavy atom. The molecular formula is C20H18ClN3O2. The van der Waals surface area contributed by atoms with Crippen molar-refractivity contribution in [3.63, 3.8) is 0 Å². The number of carbonyl (C=O) groups excluding carboxylic acids is 1. The second kappa shape index (κ2) is 6.92. The average Bonchev–Trinajstić information content (AvgIpc) is 3.03. The van der Waals surface area contributed by atoms with Crippen LogP contribution in [0.25, 0.3) is 10.9 Å². The van der Waals surface area contributed by atoms with Crippen molar-refractivity contribution in [2.75, 3.05) is 0 Å². The van der Waals surface area contributed by atoms with E-state index in [4.69, 9.17) is 11.6 Å². The van der Waals surface area contributed by atoms with Crippen LogP contribution in [0.1, 0.15) is 30.0 Å². The van der Waals surface area contributed by atoms with Crippen molar-refractivity contribution in [2.24, 2.45) is 0 Å². The summed E-state index contributed by atoms with van der Waals surface area (Å²) in [5.74, 6) is -0.0256. The number of amides is 1. The van der Waals surface area contributed by atoms with E-state index in [1.54, 1.807) is 10.7 Å². The molecule has 3 aromatic rings. The van der Waals surface area contributed by atoms with Gasteiger partial charge >= 0.3 is 0 Å². The van der Waals surface area contributed by atoms with E-state index in [-0.39, 0.29) is 17.4 Å². The molecule has 0 fully saturated rings. The van der Waals surface area contributed by atoms with Crippen molar-refractivity contribution in [1.29, 1.82) is 0 Å². The highest BCUT2D eigenvalue weighted by Gasteiger charge is 2.23. The first kappa shape index (κ1) is 16.8. The van der Waals surface area contributed by atoms with Gasteiger partial charge < -0.3 is 5.32 Å². The number of para-hydroxylation sites is 1. The summed E-state index contributed by atoms with van der Waals surface area (Å²) in [5.41, 5.74) is 2.99. The summed E-state index contributed by atoms with van der Waals surface area (Å²) >= 11 is 6.03. The van der Waals surface area contributed by atoms with Crippen LogP contribution in [0, 0.1) is 0 Å². The molecule has 26 heavy (non-hydrogen) atoms. The molecule has 1 N–H and O–H groups in total. The Kier molecular flexibility index (Phi) is 4.47. The monoisotopic (exact) mass is 367 g/mol. The molecule has 6 heteroatoms. The number of nitrogens with zero attached hydrogens (tertiary/aromatic N) is 2. The molecule has 1 atom stereocenters. The smallest absolute Gasteiger partial charge is 0.222 e. The normalized spacial score (nSPS) is 15.8. The van der Waals surface area contributed by atoms with Crippen molar-refractivity contribution in [2.45, 2.75) is 31.8 Å². The van der Waals surface area contributed by atoms with Crippen LogP contribution >= 0.6 is 11.6 Å². The third-order valence-electron chi connectivity index (χ3n) is 4.83. The molecule has 1 amide bonds. The van der Waals surface area contributed by atoms with Gasteiger partial charge in [-0.3, -0.25) is 14.3 Å². The maximum Gasteiger partial charge on any atom is 0.222 e. The Labute approximate surface area is 155 Å². The van der Waals surface area contributed by atoms with Crippen LogP contribution < -0.4 is 10.7 Å². The maximum absolute atomic E-state index is 12.4. The van der Waals surface area contributed by atoms with Crippen molar-refractivity contribution in [3.05, 3.63) is 75.0 Å². The second-order valence-electron chi connectivity index (χ2n) is 6.50. The highest BCUT2D eigenvalue weighted by atomic mass is 35.5. The molecule has 5 nitrogen and oxygen atoms in total. The standard InChI is InChI=1S/C20H18ClN3O2/c21-14-6-7-15-13(11-14)5-8-17(15)23-20(26)9-10-24-18-4-2-1-3-16(18)19(25)12-22-24/h1-4,6-7,11-12,17H,5,8-10H2,(H,23,26). The van der Waals surface area contributed by atoms with Gasteiger partial charge in [0.15, 0.2) is 0 Å². The lowest BCUT2D eigenvalue weighted by atomic mass is 10.1. The third kappa shape index (κ3) is 3.22. The zero-order valence-corrected chi connectivity index (χ0v) is 14.9. The lowest BCUT2D eigenvalue weighted by Gasteiger charge is -2.15. The van der Waals surface area contributed by atoms with Crippen molar-refractivity contribution in [1.82, 2.24) is 15.1 Å². The van der Waals surface area contributed by atoms with Gasteiger partial charge in [-0.1, -0.05) is 29.8 Å². The van der Waals surface area contributed by atoms with Gasteiger partial charge in [0, 0.05) is 16.8 Å². The molecule has 0 spiro atoms. The summed E-state index contributed by atoms with van der Waals surface area (Å²) in [6.45, 7) is 0.423. The number of fused-ring (bicyclic) bond motifs is 2. The van der Waals surface area contributed by atoms with E-state index >= 15 is 0 Å². The summed E-state index contributed by atoms with van der Waals surface area (Å²) in [5, 5.41) is 8.61. The SMILES string of the molecule is O=C(CCn1ncc(=O)c2ccccc21)NC1CCc2cc(Cl)ccc21. The minimum atomic E-state index is -0.109. The van der Waals surface area contributed by atoms with Gasteiger partial charge in [0.1, 0.15) is 0 Å². The second-order valence-corrected chi connectivity index (χ2v) is 6.94. The Balaban J connectivity index is 1.45. The minimum Gasteiger partial charge on any atom is -0.349 e. The van der Waals surface area contributed by atoms with Crippen LogP contribution in [-0.2, 0) is 17.8 Å². The largest absolute Gasteiger partial charge is 0.349 e. The van der Waals surface area contributed by atoms with E-state index in [0.29, 0.717) is 18.4 Å². The summed E-state index contributed by atoms with van der Waals surface area (Å²) in [7, 11) is 0. The highest BCUT2D eigenvalue weighted by molar-refractivity contribution is 6.30. The third-order valence-corrected chi connectivity index (χ3v) is 5.07. The molecule has 1 aliphatic carbocycles. The Morgan fingerprint density at radius 3 is 3.00 bits per heavy atom. The number of aromatic nitrogens is 2. The fourth-order valence-corrected chi connectivity index (χ4v) is 3.74. The molecule has 0 radical (unpaired) electrons. The number of hydrogen-bond acceptors (Lipinski definition) is 3. The number of nitrogens with one attached hydrogen (secondary N) is 1. The van der Waals surface area contributed by atoms with Crippen molar-refractivity contribution >= 4 is 28.4 Å². The van der Waals surface area contributed by atoms with Crippen molar-refractivity contribution < 1.29 is 4.79 Å². The number of aryl methyl sites for hydroxylation is 2. The lowest BCUT2D eigenvalue weighted by Crippen LogP contribution is -2.28. The van der Waals surface area contributed by atoms with E-state index in [1.165, 1.54) is 11.8 Å². The zero-order valence-electron chi connectivity index (χ0n) is 14.1. The zero-order chi connectivity index (χ0) is 18.1. The first-order valence-electron chi connectivity index (χ1n) is 8.64. The first-order chi connectivity index (χ1) is 12.6. The van der Waals surface area contributed by atoms with E-state index in [9.17, 15) is 9.59 Å². The van der Waals surface area contributed by atoms with Crippen molar-refractivity contribution in [3.8, 4) is 0 Å². The highest BCUT2D eigenvalue weighted by Crippen LogP contribution is 2.32. The number of halogens is 1. The van der Waals surface area contributed by atoms with Crippen LogP contribution in [0.15, 0.2) is 53.5 Å². The lowest BCUT2D eigenvalue weighted by molar-refractivity contribution is -0.122. The van der Waals surface area contributed by atoms with E-state index in [0.717, 1.165) is 28.9 Å². The molecule has 132 valence electrons. The van der Waals surface area contributed by atoms with Gasteiger partial charge in [0.25, 0.3) is 0 Å². The summed E-state index contributed by atoms with van der Waals surface area (Å²) in [6.07, 6.45) is 3.42. The summed E-state index contributed by atoms with van der Waals surface area (Å²) in [6, 6.07) is 13.2. The molecule has 4 rings (SSSR count).